The van der Waals surface area contributed by atoms with E-state index in [2.05, 4.69) is 41.9 Å². The number of carbonyl (C=O) groups excluding carboxylic acids is 7. The lowest BCUT2D eigenvalue weighted by Crippen LogP contribution is -2.61. The third kappa shape index (κ3) is 13.7. The summed E-state index contributed by atoms with van der Waals surface area (Å²) in [6, 6.07) is -7.50. The first kappa shape index (κ1) is 39.0. The van der Waals surface area contributed by atoms with Gasteiger partial charge in [-0.2, -0.15) is 0 Å². The number of carbonyl (C=O) groups is 8. The highest BCUT2D eigenvalue weighted by Crippen LogP contribution is 2.06. The van der Waals surface area contributed by atoms with Crippen LogP contribution in [0.3, 0.4) is 0 Å². The first-order valence-electron chi connectivity index (χ1n) is 14.4. The summed E-state index contributed by atoms with van der Waals surface area (Å²) in [5.74, 6) is -6.61. The van der Waals surface area contributed by atoms with Gasteiger partial charge in [0.05, 0.1) is 12.4 Å². The normalized spacial score (nSPS) is 15.3. The largest absolute Gasteiger partial charge is 0.481 e. The summed E-state index contributed by atoms with van der Waals surface area (Å²) in [6.45, 7) is 6.49. The summed E-state index contributed by atoms with van der Waals surface area (Å²) in [5.41, 5.74) is 5.77. The Morgan fingerprint density at radius 2 is 1.30 bits per heavy atom. The number of aliphatic carboxylic acids is 1. The van der Waals surface area contributed by atoms with E-state index in [1.165, 1.54) is 47.1 Å². The van der Waals surface area contributed by atoms with Crippen molar-refractivity contribution in [2.45, 2.75) is 103 Å². The Kier molecular flexibility index (Phi) is 15.8. The second-order valence-electron chi connectivity index (χ2n) is 10.7. The molecule has 0 aliphatic carbocycles. The van der Waals surface area contributed by atoms with Crippen molar-refractivity contribution < 1.29 is 48.6 Å². The van der Waals surface area contributed by atoms with E-state index in [1.807, 2.05) is 0 Å². The van der Waals surface area contributed by atoms with Crippen molar-refractivity contribution in [1.29, 1.82) is 0 Å². The van der Waals surface area contributed by atoms with E-state index < -0.39 is 89.7 Å². The van der Waals surface area contributed by atoms with E-state index in [0.29, 0.717) is 5.69 Å². The van der Waals surface area contributed by atoms with Gasteiger partial charge in [0.1, 0.15) is 36.3 Å². The van der Waals surface area contributed by atoms with E-state index >= 15 is 0 Å². The Morgan fingerprint density at radius 1 is 0.783 bits per heavy atom. The lowest BCUT2D eigenvalue weighted by molar-refractivity contribution is -0.137. The molecular formula is C27H43N9O10. The number of carboxylic acid groups (broad SMARTS) is 1. The van der Waals surface area contributed by atoms with Crippen LogP contribution in [0.25, 0.3) is 0 Å². The second kappa shape index (κ2) is 18.7. The van der Waals surface area contributed by atoms with Crippen LogP contribution in [-0.4, -0.2) is 110 Å². The number of amides is 7. The van der Waals surface area contributed by atoms with Crippen LogP contribution in [0.5, 0.6) is 0 Å². The molecule has 0 aromatic carbocycles. The van der Waals surface area contributed by atoms with Gasteiger partial charge >= 0.3 is 5.97 Å². The molecule has 0 aliphatic heterocycles. The monoisotopic (exact) mass is 653 g/mol. The number of aromatic amines is 1. The number of aliphatic hydroxyl groups excluding tert-OH is 1. The molecule has 0 aliphatic rings. The van der Waals surface area contributed by atoms with Gasteiger partial charge in [0.25, 0.3) is 0 Å². The number of primary amides is 1. The van der Waals surface area contributed by atoms with Crippen LogP contribution in [0.15, 0.2) is 12.5 Å². The Morgan fingerprint density at radius 3 is 1.76 bits per heavy atom. The minimum absolute atomic E-state index is 0.0347. The van der Waals surface area contributed by atoms with E-state index in [9.17, 15) is 43.5 Å². The first-order chi connectivity index (χ1) is 21.4. The number of nitrogens with zero attached hydrogens (tertiary/aromatic N) is 1. The highest BCUT2D eigenvalue weighted by molar-refractivity contribution is 5.96. The van der Waals surface area contributed by atoms with Crippen molar-refractivity contribution in [3.63, 3.8) is 0 Å². The summed E-state index contributed by atoms with van der Waals surface area (Å²) in [5, 5.41) is 33.4. The molecular weight excluding hydrogens is 610 g/mol. The van der Waals surface area contributed by atoms with E-state index in [0.717, 1.165) is 0 Å². The van der Waals surface area contributed by atoms with Crippen LogP contribution in [0.4, 0.5) is 0 Å². The van der Waals surface area contributed by atoms with Gasteiger partial charge in [-0.1, -0.05) is 0 Å². The van der Waals surface area contributed by atoms with E-state index in [-0.39, 0.29) is 25.7 Å². The smallest absolute Gasteiger partial charge is 0.303 e. The SMILES string of the molecule is CC(=O)N[C@H](C)C(=O)N[C@H](C)C(=O)N[C@H](C)C(=O)N[C@@H](C(=O)N[C@H](Cc1cnc[nH]1)C(=O)N[C@H](CCCC(=O)O)C(N)=O)[C@H](C)O. The molecule has 0 bridgehead atoms. The maximum Gasteiger partial charge on any atom is 0.303 e. The van der Waals surface area contributed by atoms with Crippen LogP contribution in [0.2, 0.25) is 0 Å². The highest BCUT2D eigenvalue weighted by atomic mass is 16.4. The number of H-pyrrole nitrogens is 1. The molecule has 11 N–H and O–H groups in total. The number of hydrogen-bond donors (Lipinski definition) is 10. The van der Waals surface area contributed by atoms with Crippen LogP contribution in [0, 0.1) is 0 Å². The average Bonchev–Trinajstić information content (AvgIpc) is 3.46. The zero-order valence-corrected chi connectivity index (χ0v) is 26.2. The molecule has 0 fully saturated rings. The molecule has 7 atom stereocenters. The molecule has 46 heavy (non-hydrogen) atoms. The Labute approximate surface area is 264 Å². The number of nitrogens with two attached hydrogens (primary N) is 1. The molecule has 1 heterocycles. The summed E-state index contributed by atoms with van der Waals surface area (Å²) < 4.78 is 0. The van der Waals surface area contributed by atoms with Gasteiger partial charge in [-0.15, -0.1) is 0 Å². The summed E-state index contributed by atoms with van der Waals surface area (Å²) in [4.78, 5) is 105. The van der Waals surface area contributed by atoms with Crippen LogP contribution in [0.1, 0.15) is 59.6 Å². The van der Waals surface area contributed by atoms with E-state index in [1.54, 1.807) is 0 Å². The summed E-state index contributed by atoms with van der Waals surface area (Å²) >= 11 is 0. The summed E-state index contributed by atoms with van der Waals surface area (Å²) in [6.07, 6.45) is 0.758. The second-order valence-corrected chi connectivity index (χ2v) is 10.7. The van der Waals surface area contributed by atoms with Gasteiger partial charge in [-0.25, -0.2) is 4.98 Å². The van der Waals surface area contributed by atoms with Crippen molar-refractivity contribution in [1.82, 2.24) is 41.9 Å². The van der Waals surface area contributed by atoms with Gasteiger partial charge in [0.2, 0.25) is 41.4 Å². The van der Waals surface area contributed by atoms with Crippen molar-refractivity contribution in [2.75, 3.05) is 0 Å². The number of carboxylic acids is 1. The van der Waals surface area contributed by atoms with Gasteiger partial charge < -0.3 is 52.8 Å². The number of hydrogen-bond acceptors (Lipinski definition) is 10. The Balaban J connectivity index is 2.96. The quantitative estimate of drug-likeness (QED) is 0.0687. The summed E-state index contributed by atoms with van der Waals surface area (Å²) in [7, 11) is 0. The predicted octanol–water partition coefficient (Wildman–Crippen LogP) is -3.94. The fourth-order valence-electron chi connectivity index (χ4n) is 3.96. The van der Waals surface area contributed by atoms with Crippen molar-refractivity contribution >= 4 is 47.3 Å². The molecule has 0 radical (unpaired) electrons. The van der Waals surface area contributed by atoms with Gasteiger partial charge in [0.15, 0.2) is 0 Å². The number of imidazole rings is 1. The molecule has 7 amide bonds. The van der Waals surface area contributed by atoms with Gasteiger partial charge in [0, 0.05) is 31.7 Å². The fourth-order valence-corrected chi connectivity index (χ4v) is 3.96. The number of rotatable bonds is 19. The van der Waals surface area contributed by atoms with Crippen molar-refractivity contribution in [3.8, 4) is 0 Å². The third-order valence-electron chi connectivity index (χ3n) is 6.54. The molecule has 1 aromatic heterocycles. The zero-order chi connectivity index (χ0) is 35.1. The third-order valence-corrected chi connectivity index (χ3v) is 6.54. The number of aliphatic hydroxyl groups is 1. The minimum Gasteiger partial charge on any atom is -0.481 e. The van der Waals surface area contributed by atoms with Crippen molar-refractivity contribution in [3.05, 3.63) is 18.2 Å². The molecule has 19 nitrogen and oxygen atoms in total. The Hall–Kier alpha value is -5.07. The van der Waals surface area contributed by atoms with Crippen LogP contribution in [-0.2, 0) is 44.8 Å². The fraction of sp³-hybridized carbons (Fsp3) is 0.593. The van der Waals surface area contributed by atoms with Crippen molar-refractivity contribution in [2.24, 2.45) is 5.73 Å². The molecule has 1 rings (SSSR count). The van der Waals surface area contributed by atoms with E-state index in [4.69, 9.17) is 10.8 Å². The first-order valence-corrected chi connectivity index (χ1v) is 14.4. The predicted molar refractivity (Wildman–Crippen MR) is 159 cm³/mol. The highest BCUT2D eigenvalue weighted by Gasteiger charge is 2.33. The zero-order valence-electron chi connectivity index (χ0n) is 26.2. The molecule has 0 saturated heterocycles. The topological polar surface area (TPSA) is 304 Å². The molecule has 0 spiro atoms. The lowest BCUT2D eigenvalue weighted by Gasteiger charge is -2.27. The maximum absolute atomic E-state index is 13.2. The molecule has 0 saturated carbocycles. The van der Waals surface area contributed by atoms with Gasteiger partial charge in [-0.3, -0.25) is 38.4 Å². The molecule has 19 heteroatoms. The molecule has 256 valence electrons. The minimum atomic E-state index is -1.61. The number of nitrogens with one attached hydrogen (secondary N) is 7. The lowest BCUT2D eigenvalue weighted by atomic mass is 10.1. The average molecular weight is 654 g/mol. The van der Waals surface area contributed by atoms with Gasteiger partial charge in [-0.05, 0) is 40.5 Å². The van der Waals surface area contributed by atoms with Crippen LogP contribution < -0.4 is 37.6 Å². The standard InChI is InChI=1S/C27H43N9O10/c1-12(31-16(5)38)23(42)32-13(2)24(43)33-14(3)25(44)36-21(15(4)37)27(46)35-19(9-17-10-29-11-30-17)26(45)34-18(22(28)41)7-6-8-20(39)40/h10-15,18-19,21,37H,6-9H2,1-5H3,(H2,28,41)(H,29,30)(H,31,38)(H,32,42)(H,33,43)(H,34,45)(H,35,46)(H,36,44)(H,39,40)/t12-,13-,14-,15+,18-,19-,21-/m1/s1. The maximum atomic E-state index is 13.2. The van der Waals surface area contributed by atoms with Crippen LogP contribution >= 0.6 is 0 Å². The molecule has 1 aromatic rings. The molecule has 0 unspecified atom stereocenters. The Bertz CT molecular complexity index is 1250. The number of aromatic nitrogens is 2.